The Hall–Kier alpha value is -0.940. The standard InChI is InChI=1S/C13H18O4/c1-9(14)13-11(7-12(15)17-13)16-8-10-5-3-2-4-6-10/h2-6,9,11-15H,7-8H2,1H3/t9-,11+,12-,13-/m1/s1. The van der Waals surface area contributed by atoms with Crippen molar-refractivity contribution in [1.82, 2.24) is 0 Å². The van der Waals surface area contributed by atoms with Crippen molar-refractivity contribution in [1.29, 1.82) is 0 Å². The van der Waals surface area contributed by atoms with Crippen molar-refractivity contribution >= 4 is 0 Å². The van der Waals surface area contributed by atoms with Crippen LogP contribution in [-0.4, -0.2) is 34.8 Å². The number of hydrogen-bond donors (Lipinski definition) is 2. The zero-order valence-electron chi connectivity index (χ0n) is 9.82. The summed E-state index contributed by atoms with van der Waals surface area (Å²) in [5.74, 6) is 0. The van der Waals surface area contributed by atoms with Crippen LogP contribution in [0.5, 0.6) is 0 Å². The molecule has 0 spiro atoms. The molecule has 17 heavy (non-hydrogen) atoms. The molecule has 0 amide bonds. The van der Waals surface area contributed by atoms with Crippen LogP contribution >= 0.6 is 0 Å². The van der Waals surface area contributed by atoms with Crippen LogP contribution in [0, 0.1) is 0 Å². The highest BCUT2D eigenvalue weighted by molar-refractivity contribution is 5.13. The molecule has 1 heterocycles. The van der Waals surface area contributed by atoms with Crippen molar-refractivity contribution in [2.24, 2.45) is 0 Å². The Bertz CT molecular complexity index is 339. The molecule has 0 bridgehead atoms. The van der Waals surface area contributed by atoms with Crippen molar-refractivity contribution in [3.63, 3.8) is 0 Å². The molecule has 1 aliphatic rings. The van der Waals surface area contributed by atoms with Gasteiger partial charge in [-0.15, -0.1) is 0 Å². The summed E-state index contributed by atoms with van der Waals surface area (Å²) in [5.41, 5.74) is 1.07. The van der Waals surface area contributed by atoms with Gasteiger partial charge in [0.25, 0.3) is 0 Å². The Morgan fingerprint density at radius 3 is 2.76 bits per heavy atom. The molecule has 1 aromatic carbocycles. The normalized spacial score (nSPS) is 30.4. The maximum Gasteiger partial charge on any atom is 0.157 e. The molecule has 4 atom stereocenters. The summed E-state index contributed by atoms with van der Waals surface area (Å²) < 4.78 is 10.9. The lowest BCUT2D eigenvalue weighted by Crippen LogP contribution is -2.34. The third-order valence-corrected chi connectivity index (χ3v) is 2.90. The van der Waals surface area contributed by atoms with Crippen molar-refractivity contribution in [2.45, 2.75) is 44.6 Å². The van der Waals surface area contributed by atoms with Crippen molar-refractivity contribution < 1.29 is 19.7 Å². The largest absolute Gasteiger partial charge is 0.391 e. The molecule has 1 aromatic rings. The summed E-state index contributed by atoms with van der Waals surface area (Å²) in [6, 6.07) is 9.80. The van der Waals surface area contributed by atoms with Gasteiger partial charge < -0.3 is 19.7 Å². The van der Waals surface area contributed by atoms with E-state index in [-0.39, 0.29) is 6.10 Å². The first-order chi connectivity index (χ1) is 8.16. The molecule has 1 fully saturated rings. The van der Waals surface area contributed by atoms with Crippen LogP contribution in [0.1, 0.15) is 18.9 Å². The van der Waals surface area contributed by atoms with E-state index in [1.54, 1.807) is 6.92 Å². The number of benzene rings is 1. The van der Waals surface area contributed by atoms with Crippen LogP contribution in [0.2, 0.25) is 0 Å². The SMILES string of the molecule is C[C@@H](O)[C@H]1O[C@@H](O)C[C@@H]1OCc1ccccc1. The molecule has 4 heteroatoms. The second-order valence-corrected chi connectivity index (χ2v) is 4.37. The molecule has 2 rings (SSSR count). The Morgan fingerprint density at radius 1 is 1.41 bits per heavy atom. The van der Waals surface area contributed by atoms with Crippen LogP contribution in [-0.2, 0) is 16.1 Å². The van der Waals surface area contributed by atoms with E-state index >= 15 is 0 Å². The van der Waals surface area contributed by atoms with Gasteiger partial charge in [0.1, 0.15) is 6.10 Å². The summed E-state index contributed by atoms with van der Waals surface area (Å²) in [7, 11) is 0. The second-order valence-electron chi connectivity index (χ2n) is 4.37. The molecule has 4 nitrogen and oxygen atoms in total. The first-order valence-corrected chi connectivity index (χ1v) is 5.84. The zero-order chi connectivity index (χ0) is 12.3. The maximum absolute atomic E-state index is 9.52. The van der Waals surface area contributed by atoms with E-state index in [0.29, 0.717) is 13.0 Å². The van der Waals surface area contributed by atoms with Gasteiger partial charge in [0.2, 0.25) is 0 Å². The van der Waals surface area contributed by atoms with Gasteiger partial charge in [0.05, 0.1) is 18.8 Å². The quantitative estimate of drug-likeness (QED) is 0.823. The minimum Gasteiger partial charge on any atom is -0.391 e. The van der Waals surface area contributed by atoms with E-state index in [9.17, 15) is 10.2 Å². The molecule has 1 aliphatic heterocycles. The number of aliphatic hydroxyl groups excluding tert-OH is 2. The third-order valence-electron chi connectivity index (χ3n) is 2.90. The minimum absolute atomic E-state index is 0.259. The average Bonchev–Trinajstić information content (AvgIpc) is 2.69. The topological polar surface area (TPSA) is 58.9 Å². The first-order valence-electron chi connectivity index (χ1n) is 5.84. The monoisotopic (exact) mass is 238 g/mol. The van der Waals surface area contributed by atoms with E-state index in [2.05, 4.69) is 0 Å². The lowest BCUT2D eigenvalue weighted by molar-refractivity contribution is -0.131. The van der Waals surface area contributed by atoms with E-state index in [1.807, 2.05) is 30.3 Å². The summed E-state index contributed by atoms with van der Waals surface area (Å²) in [4.78, 5) is 0. The van der Waals surface area contributed by atoms with Crippen LogP contribution in [0.15, 0.2) is 30.3 Å². The van der Waals surface area contributed by atoms with Gasteiger partial charge in [-0.05, 0) is 12.5 Å². The lowest BCUT2D eigenvalue weighted by atomic mass is 10.1. The van der Waals surface area contributed by atoms with E-state index in [1.165, 1.54) is 0 Å². The van der Waals surface area contributed by atoms with Gasteiger partial charge >= 0.3 is 0 Å². The van der Waals surface area contributed by atoms with Crippen molar-refractivity contribution in [3.8, 4) is 0 Å². The van der Waals surface area contributed by atoms with Crippen LogP contribution in [0.25, 0.3) is 0 Å². The highest BCUT2D eigenvalue weighted by atomic mass is 16.6. The molecule has 0 radical (unpaired) electrons. The molecule has 0 unspecified atom stereocenters. The number of ether oxygens (including phenoxy) is 2. The molecular weight excluding hydrogens is 220 g/mol. The highest BCUT2D eigenvalue weighted by Gasteiger charge is 2.37. The summed E-state index contributed by atoms with van der Waals surface area (Å²) in [6.45, 7) is 2.10. The Morgan fingerprint density at radius 2 is 2.12 bits per heavy atom. The third kappa shape index (κ3) is 3.26. The number of rotatable bonds is 4. The van der Waals surface area contributed by atoms with Crippen LogP contribution in [0.4, 0.5) is 0 Å². The predicted molar refractivity (Wildman–Crippen MR) is 62.2 cm³/mol. The average molecular weight is 238 g/mol. The highest BCUT2D eigenvalue weighted by Crippen LogP contribution is 2.25. The Balaban J connectivity index is 1.90. The van der Waals surface area contributed by atoms with E-state index in [0.717, 1.165) is 5.56 Å². The molecule has 0 aliphatic carbocycles. The van der Waals surface area contributed by atoms with Gasteiger partial charge in [0, 0.05) is 6.42 Å². The van der Waals surface area contributed by atoms with Gasteiger partial charge in [-0.3, -0.25) is 0 Å². The fraction of sp³-hybridized carbons (Fsp3) is 0.538. The Kier molecular flexibility index (Phi) is 4.12. The summed E-state index contributed by atoms with van der Waals surface area (Å²) in [6.07, 6.45) is -1.79. The van der Waals surface area contributed by atoms with Crippen LogP contribution in [0.3, 0.4) is 0 Å². The molecule has 1 saturated heterocycles. The number of hydrogen-bond acceptors (Lipinski definition) is 4. The Labute approximate surface area is 101 Å². The number of aliphatic hydroxyl groups is 2. The van der Waals surface area contributed by atoms with Gasteiger partial charge in [0.15, 0.2) is 6.29 Å². The predicted octanol–water partition coefficient (Wildman–Crippen LogP) is 1.06. The molecule has 94 valence electrons. The molecule has 0 saturated carbocycles. The minimum atomic E-state index is -0.838. The lowest BCUT2D eigenvalue weighted by Gasteiger charge is -2.21. The van der Waals surface area contributed by atoms with Crippen LogP contribution < -0.4 is 0 Å². The molecule has 0 aromatic heterocycles. The second kappa shape index (κ2) is 5.60. The maximum atomic E-state index is 9.52. The van der Waals surface area contributed by atoms with Gasteiger partial charge in [-0.25, -0.2) is 0 Å². The van der Waals surface area contributed by atoms with E-state index < -0.39 is 18.5 Å². The van der Waals surface area contributed by atoms with Gasteiger partial charge in [-0.2, -0.15) is 0 Å². The smallest absolute Gasteiger partial charge is 0.157 e. The zero-order valence-corrected chi connectivity index (χ0v) is 9.82. The van der Waals surface area contributed by atoms with Crippen molar-refractivity contribution in [3.05, 3.63) is 35.9 Å². The van der Waals surface area contributed by atoms with E-state index in [4.69, 9.17) is 9.47 Å². The van der Waals surface area contributed by atoms with Gasteiger partial charge in [-0.1, -0.05) is 30.3 Å². The summed E-state index contributed by atoms with van der Waals surface area (Å²) >= 11 is 0. The fourth-order valence-corrected chi connectivity index (χ4v) is 2.02. The van der Waals surface area contributed by atoms with Crippen molar-refractivity contribution in [2.75, 3.05) is 0 Å². The summed E-state index contributed by atoms with van der Waals surface area (Å²) in [5, 5.41) is 18.9. The molecular formula is C13H18O4. The fourth-order valence-electron chi connectivity index (χ4n) is 2.02. The first kappa shape index (κ1) is 12.5. The molecule has 2 N–H and O–H groups in total.